The lowest BCUT2D eigenvalue weighted by Gasteiger charge is -2.11. The Kier molecular flexibility index (Phi) is 6.91. The van der Waals surface area contributed by atoms with Gasteiger partial charge in [0.1, 0.15) is 5.75 Å². The van der Waals surface area contributed by atoms with Gasteiger partial charge in [0.25, 0.3) is 5.56 Å². The van der Waals surface area contributed by atoms with E-state index in [1.54, 1.807) is 0 Å². The van der Waals surface area contributed by atoms with Crippen LogP contribution in [0.3, 0.4) is 0 Å². The highest BCUT2D eigenvalue weighted by Crippen LogP contribution is 2.19. The number of nitrogens with one attached hydrogen (secondary N) is 1. The Morgan fingerprint density at radius 1 is 1.33 bits per heavy atom. The molecule has 0 radical (unpaired) electrons. The first-order valence-electron chi connectivity index (χ1n) is 8.41. The molecule has 0 unspecified atom stereocenters. The quantitative estimate of drug-likeness (QED) is 0.578. The number of hydrogen-bond acceptors (Lipinski definition) is 4. The third kappa shape index (κ3) is 5.13. The van der Waals surface area contributed by atoms with Crippen LogP contribution in [0.1, 0.15) is 44.0 Å². The molecule has 0 saturated carbocycles. The van der Waals surface area contributed by atoms with Crippen molar-refractivity contribution in [2.24, 2.45) is 5.92 Å². The molecular weight excluding hydrogens is 320 g/mol. The van der Waals surface area contributed by atoms with Gasteiger partial charge in [0.05, 0.1) is 12.3 Å². The summed E-state index contributed by atoms with van der Waals surface area (Å²) in [5, 5.41) is 0.682. The molecule has 1 aromatic heterocycles. The van der Waals surface area contributed by atoms with Crippen LogP contribution in [0, 0.1) is 5.92 Å². The maximum Gasteiger partial charge on any atom is 0.255 e. The van der Waals surface area contributed by atoms with E-state index < -0.39 is 0 Å². The van der Waals surface area contributed by atoms with Crippen molar-refractivity contribution < 1.29 is 4.74 Å². The lowest BCUT2D eigenvalue weighted by atomic mass is 10.0. The summed E-state index contributed by atoms with van der Waals surface area (Å²) in [5.74, 6) is 1.33. The Labute approximate surface area is 148 Å². The van der Waals surface area contributed by atoms with Gasteiger partial charge in [0, 0.05) is 12.0 Å². The smallest absolute Gasteiger partial charge is 0.255 e. The summed E-state index contributed by atoms with van der Waals surface area (Å²) in [7, 11) is 0. The van der Waals surface area contributed by atoms with Crippen molar-refractivity contribution in [2.75, 3.05) is 12.9 Å². The summed E-state index contributed by atoms with van der Waals surface area (Å²) in [5.41, 5.74) is 2.69. The van der Waals surface area contributed by atoms with Gasteiger partial charge in [-0.15, -0.1) is 0 Å². The number of aromatic nitrogens is 2. The molecule has 5 heteroatoms. The second kappa shape index (κ2) is 8.92. The Bertz CT molecular complexity index is 726. The number of benzene rings is 1. The molecule has 0 saturated heterocycles. The Morgan fingerprint density at radius 3 is 2.79 bits per heavy atom. The molecule has 1 N–H and O–H groups in total. The molecule has 0 aliphatic heterocycles. The minimum Gasteiger partial charge on any atom is -0.493 e. The van der Waals surface area contributed by atoms with Gasteiger partial charge in [0.15, 0.2) is 5.16 Å². The Balaban J connectivity index is 2.27. The summed E-state index contributed by atoms with van der Waals surface area (Å²) in [6, 6.07) is 7.97. The number of aryl methyl sites for hydroxylation is 1. The van der Waals surface area contributed by atoms with Crippen LogP contribution in [0.25, 0.3) is 0 Å². The van der Waals surface area contributed by atoms with E-state index in [2.05, 4.69) is 30.7 Å². The number of H-pyrrole nitrogens is 1. The molecule has 1 aromatic carbocycles. The summed E-state index contributed by atoms with van der Waals surface area (Å²) < 4.78 is 5.79. The van der Waals surface area contributed by atoms with Crippen molar-refractivity contribution in [3.63, 3.8) is 0 Å². The summed E-state index contributed by atoms with van der Waals surface area (Å²) in [6.07, 6.45) is 4.28. The van der Waals surface area contributed by atoms with Crippen LogP contribution in [-0.2, 0) is 12.8 Å². The van der Waals surface area contributed by atoms with Crippen LogP contribution in [-0.4, -0.2) is 22.8 Å². The first-order chi connectivity index (χ1) is 11.5. The number of aromatic amines is 1. The van der Waals surface area contributed by atoms with Crippen LogP contribution in [0.4, 0.5) is 0 Å². The fraction of sp³-hybridized carbons (Fsp3) is 0.474. The molecule has 24 heavy (non-hydrogen) atoms. The van der Waals surface area contributed by atoms with Gasteiger partial charge >= 0.3 is 0 Å². The average molecular weight is 346 g/mol. The monoisotopic (exact) mass is 346 g/mol. The van der Waals surface area contributed by atoms with E-state index in [4.69, 9.17) is 4.74 Å². The molecular formula is C19H26N2O2S. The molecule has 0 spiro atoms. The average Bonchev–Trinajstić information content (AvgIpc) is 2.56. The van der Waals surface area contributed by atoms with Gasteiger partial charge in [-0.1, -0.05) is 51.1 Å². The van der Waals surface area contributed by atoms with E-state index in [0.29, 0.717) is 24.1 Å². The van der Waals surface area contributed by atoms with E-state index in [1.165, 1.54) is 11.8 Å². The largest absolute Gasteiger partial charge is 0.493 e. The van der Waals surface area contributed by atoms with Crippen molar-refractivity contribution in [1.29, 1.82) is 0 Å². The second-order valence-corrected chi connectivity index (χ2v) is 7.07. The highest BCUT2D eigenvalue weighted by Gasteiger charge is 2.12. The lowest BCUT2D eigenvalue weighted by molar-refractivity contribution is 0.271. The normalized spacial score (nSPS) is 11.0. The predicted octanol–water partition coefficient (Wildman–Crippen LogP) is 4.07. The van der Waals surface area contributed by atoms with Gasteiger partial charge in [-0.3, -0.25) is 4.79 Å². The van der Waals surface area contributed by atoms with Gasteiger partial charge < -0.3 is 9.72 Å². The minimum atomic E-state index is -0.0358. The van der Waals surface area contributed by atoms with Crippen molar-refractivity contribution in [1.82, 2.24) is 9.97 Å². The SMILES string of the molecule is CCCc1nc(SC)[nH]c(=O)c1Cc1cccc(OCC(C)C)c1. The van der Waals surface area contributed by atoms with Crippen LogP contribution < -0.4 is 10.3 Å². The number of ether oxygens (including phenoxy) is 1. The number of rotatable bonds is 8. The molecule has 4 nitrogen and oxygen atoms in total. The van der Waals surface area contributed by atoms with E-state index in [0.717, 1.165) is 35.4 Å². The molecule has 0 atom stereocenters. The molecule has 0 amide bonds. The topological polar surface area (TPSA) is 55.0 Å². The van der Waals surface area contributed by atoms with Crippen LogP contribution in [0.2, 0.25) is 0 Å². The van der Waals surface area contributed by atoms with Crippen LogP contribution >= 0.6 is 11.8 Å². The number of thioether (sulfide) groups is 1. The van der Waals surface area contributed by atoms with Crippen molar-refractivity contribution >= 4 is 11.8 Å². The lowest BCUT2D eigenvalue weighted by Crippen LogP contribution is -2.19. The van der Waals surface area contributed by atoms with Crippen LogP contribution in [0.15, 0.2) is 34.2 Å². The summed E-state index contributed by atoms with van der Waals surface area (Å²) >= 11 is 1.46. The molecule has 2 rings (SSSR count). The van der Waals surface area contributed by atoms with E-state index in [9.17, 15) is 4.79 Å². The molecule has 130 valence electrons. The van der Waals surface area contributed by atoms with E-state index in [-0.39, 0.29) is 5.56 Å². The van der Waals surface area contributed by atoms with Crippen molar-refractivity contribution in [3.05, 3.63) is 51.4 Å². The van der Waals surface area contributed by atoms with Gasteiger partial charge in [-0.05, 0) is 36.3 Å². The molecule has 0 fully saturated rings. The third-order valence-corrected chi connectivity index (χ3v) is 4.20. The highest BCUT2D eigenvalue weighted by molar-refractivity contribution is 7.98. The molecule has 2 aromatic rings. The molecule has 0 aliphatic carbocycles. The van der Waals surface area contributed by atoms with Crippen molar-refractivity contribution in [2.45, 2.75) is 45.2 Å². The Morgan fingerprint density at radius 2 is 2.12 bits per heavy atom. The minimum absolute atomic E-state index is 0.0358. The highest BCUT2D eigenvalue weighted by atomic mass is 32.2. The Hall–Kier alpha value is -1.75. The van der Waals surface area contributed by atoms with E-state index in [1.807, 2.05) is 30.5 Å². The van der Waals surface area contributed by atoms with Crippen molar-refractivity contribution in [3.8, 4) is 5.75 Å². The molecule has 0 aliphatic rings. The maximum atomic E-state index is 12.5. The molecule has 1 heterocycles. The van der Waals surface area contributed by atoms with Gasteiger partial charge in [-0.2, -0.15) is 0 Å². The van der Waals surface area contributed by atoms with E-state index >= 15 is 0 Å². The van der Waals surface area contributed by atoms with Crippen LogP contribution in [0.5, 0.6) is 5.75 Å². The number of nitrogens with zero attached hydrogens (tertiary/aromatic N) is 1. The predicted molar refractivity (Wildman–Crippen MR) is 100 cm³/mol. The number of hydrogen-bond donors (Lipinski definition) is 1. The molecule has 0 bridgehead atoms. The first-order valence-corrected chi connectivity index (χ1v) is 9.63. The third-order valence-electron chi connectivity index (χ3n) is 3.62. The zero-order chi connectivity index (χ0) is 17.5. The fourth-order valence-corrected chi connectivity index (χ4v) is 2.85. The zero-order valence-corrected chi connectivity index (χ0v) is 15.7. The summed E-state index contributed by atoms with van der Waals surface area (Å²) in [6.45, 7) is 7.04. The zero-order valence-electron chi connectivity index (χ0n) is 14.9. The van der Waals surface area contributed by atoms with Gasteiger partial charge in [-0.25, -0.2) is 4.98 Å². The fourth-order valence-electron chi connectivity index (χ4n) is 2.46. The summed E-state index contributed by atoms with van der Waals surface area (Å²) in [4.78, 5) is 19.9. The standard InChI is InChI=1S/C19H26N2O2S/c1-5-7-17-16(18(22)21-19(20-17)24-4)11-14-8-6-9-15(10-14)23-12-13(2)3/h6,8-10,13H,5,7,11-12H2,1-4H3,(H,20,21,22). The second-order valence-electron chi connectivity index (χ2n) is 6.28. The first kappa shape index (κ1) is 18.6. The maximum absolute atomic E-state index is 12.5. The van der Waals surface area contributed by atoms with Gasteiger partial charge in [0.2, 0.25) is 0 Å².